The van der Waals surface area contributed by atoms with Gasteiger partial charge in [0.2, 0.25) is 0 Å². The number of fused-ring (bicyclic) bond motifs is 16. The van der Waals surface area contributed by atoms with E-state index in [0.717, 1.165) is 111 Å². The van der Waals surface area contributed by atoms with Crippen LogP contribution in [0, 0.1) is 90.6 Å². The lowest BCUT2D eigenvalue weighted by molar-refractivity contribution is 0.759. The minimum absolute atomic E-state index is 0.382. The number of hydrogen-bond acceptors (Lipinski definition) is 8. The summed E-state index contributed by atoms with van der Waals surface area (Å²) < 4.78 is 0. The fraction of sp³-hybridized carbons (Fsp3) is 0.158. The van der Waals surface area contributed by atoms with Crippen molar-refractivity contribution in [3.05, 3.63) is 255 Å². The van der Waals surface area contributed by atoms with E-state index in [-0.39, 0.29) is 0 Å². The van der Waals surface area contributed by atoms with E-state index in [1.807, 2.05) is 97.1 Å². The van der Waals surface area contributed by atoms with Gasteiger partial charge in [-0.1, -0.05) is 144 Å². The van der Waals surface area contributed by atoms with Crippen molar-refractivity contribution in [2.45, 2.75) is 75.0 Å². The lowest BCUT2D eigenvalue weighted by Gasteiger charge is -2.32. The Morgan fingerprint density at radius 1 is 0.250 bits per heavy atom. The summed E-state index contributed by atoms with van der Waals surface area (Å²) in [6.45, 7) is 0. The van der Waals surface area contributed by atoms with Crippen LogP contribution in [0.5, 0.6) is 0 Å². The highest BCUT2D eigenvalue weighted by atomic mass is 14.5. The van der Waals surface area contributed by atoms with E-state index in [0.29, 0.717) is 139 Å². The number of rotatable bonds is 0. The molecule has 8 heteroatoms. The van der Waals surface area contributed by atoms with Gasteiger partial charge in [0.15, 0.2) is 0 Å². The summed E-state index contributed by atoms with van der Waals surface area (Å²) >= 11 is 0. The molecule has 8 bridgehead atoms. The van der Waals surface area contributed by atoms with Gasteiger partial charge in [-0.2, -0.15) is 42.1 Å². The van der Waals surface area contributed by atoms with Gasteiger partial charge in [0.05, 0.1) is 44.5 Å². The topological polar surface area (TPSA) is 190 Å². The molecule has 9 aliphatic rings. The van der Waals surface area contributed by atoms with Crippen LogP contribution in [-0.2, 0) is 0 Å². The second-order valence-electron chi connectivity index (χ2n) is 23.9. The van der Waals surface area contributed by atoms with Crippen LogP contribution in [0.15, 0.2) is 166 Å². The number of hydrogen-bond donors (Lipinski definition) is 0. The first kappa shape index (κ1) is 47.4. The molecule has 0 radical (unpaired) electrons. The first-order valence-corrected chi connectivity index (χ1v) is 28.6. The van der Waals surface area contributed by atoms with Gasteiger partial charge in [-0.05, 0) is 118 Å². The summed E-state index contributed by atoms with van der Waals surface area (Å²) in [5, 5.41) is 99.5. The van der Waals surface area contributed by atoms with Crippen LogP contribution in [0.1, 0.15) is 164 Å². The molecule has 84 heavy (non-hydrogen) atoms. The van der Waals surface area contributed by atoms with Gasteiger partial charge >= 0.3 is 0 Å². The Morgan fingerprint density at radius 3 is 0.607 bits per heavy atom. The Morgan fingerprint density at radius 2 is 0.429 bits per heavy atom. The molecule has 4 unspecified atom stereocenters. The van der Waals surface area contributed by atoms with Crippen molar-refractivity contribution in [2.24, 2.45) is 0 Å². The Hall–Kier alpha value is -11.4. The van der Waals surface area contributed by atoms with E-state index < -0.39 is 23.7 Å². The Kier molecular flexibility index (Phi) is 9.65. The molecule has 4 atom stereocenters. The van der Waals surface area contributed by atoms with Gasteiger partial charge in [0.1, 0.15) is 48.6 Å². The minimum atomic E-state index is -0.438. The van der Waals surface area contributed by atoms with E-state index >= 15 is 0 Å². The summed E-state index contributed by atoms with van der Waals surface area (Å²) in [5.74, 6) is -1.75. The van der Waals surface area contributed by atoms with Crippen molar-refractivity contribution < 1.29 is 0 Å². The van der Waals surface area contributed by atoms with Crippen LogP contribution < -0.4 is 0 Å². The van der Waals surface area contributed by atoms with E-state index in [1.165, 1.54) is 0 Å². The molecule has 9 aliphatic carbocycles. The molecule has 0 aliphatic heterocycles. The van der Waals surface area contributed by atoms with Gasteiger partial charge in [-0.3, -0.25) is 0 Å². The molecule has 8 aromatic rings. The lowest BCUT2D eigenvalue weighted by Crippen LogP contribution is -2.17. The van der Waals surface area contributed by atoms with E-state index in [2.05, 4.69) is 72.9 Å². The average molecular weight is 1070 g/mol. The van der Waals surface area contributed by atoms with Gasteiger partial charge in [-0.15, -0.1) is 0 Å². The summed E-state index contributed by atoms with van der Waals surface area (Å²) in [6.07, 6.45) is 12.9. The number of nitrogens with zero attached hydrogens (tertiary/aromatic N) is 8. The predicted octanol–water partition coefficient (Wildman–Crippen LogP) is 16.7. The molecule has 0 aromatic heterocycles. The average Bonchev–Trinajstić information content (AvgIpc) is 2.01. The third kappa shape index (κ3) is 5.92. The van der Waals surface area contributed by atoms with Gasteiger partial charge in [-0.25, -0.2) is 0 Å². The van der Waals surface area contributed by atoms with E-state index in [4.69, 9.17) is 0 Å². The number of benzene rings is 8. The fourth-order valence-electron chi connectivity index (χ4n) is 17.3. The van der Waals surface area contributed by atoms with Crippen molar-refractivity contribution in [1.29, 1.82) is 42.1 Å². The molecule has 384 valence electrons. The van der Waals surface area contributed by atoms with Gasteiger partial charge in [0, 0.05) is 89.0 Å². The second kappa shape index (κ2) is 17.1. The molecular weight excluding hydrogens is 1020 g/mol. The molecule has 0 spiro atoms. The number of allylic oxidation sites excluding steroid dienone is 16. The first-order chi connectivity index (χ1) is 41.3. The predicted molar refractivity (Wildman–Crippen MR) is 321 cm³/mol. The van der Waals surface area contributed by atoms with Crippen LogP contribution in [0.2, 0.25) is 0 Å². The van der Waals surface area contributed by atoms with Gasteiger partial charge < -0.3 is 0 Å². The zero-order valence-electron chi connectivity index (χ0n) is 45.1. The van der Waals surface area contributed by atoms with Crippen LogP contribution in [0.3, 0.4) is 0 Å². The SMILES string of the molecule is N#Cc1c2c(c(C#N)c3ccccc13)C1CC3=C4C=C1CC1=C2CC2C(=C1)CC1=C(CC5C(=C1)CC1=C(CC(C(=C1)C4)c1c3c(C#N)c3ccccc3c1C#N)c1c5c(C#N)c3ccccc3c1C#N)c1c2c(C#N)c2ccccc2c1C#N. The molecular formula is C76H40N8. The fourth-order valence-corrected chi connectivity index (χ4v) is 17.3. The molecule has 0 amide bonds. The van der Waals surface area contributed by atoms with Crippen molar-refractivity contribution >= 4 is 65.4 Å². The third-order valence-corrected chi connectivity index (χ3v) is 20.5. The summed E-state index contributed by atoms with van der Waals surface area (Å²) in [7, 11) is 0. The Bertz CT molecular complexity index is 4700. The van der Waals surface area contributed by atoms with Crippen molar-refractivity contribution in [3.63, 3.8) is 0 Å². The molecule has 0 fully saturated rings. The zero-order valence-corrected chi connectivity index (χ0v) is 45.1. The third-order valence-electron chi connectivity index (χ3n) is 20.5. The molecule has 8 aromatic carbocycles. The zero-order chi connectivity index (χ0) is 56.5. The summed E-state index contributed by atoms with van der Waals surface area (Å²) in [4.78, 5) is 0. The van der Waals surface area contributed by atoms with Gasteiger partial charge in [0.25, 0.3) is 0 Å². The molecule has 0 N–H and O–H groups in total. The highest BCUT2D eigenvalue weighted by Gasteiger charge is 2.47. The summed E-state index contributed by atoms with van der Waals surface area (Å²) in [6, 6.07) is 52.5. The highest BCUT2D eigenvalue weighted by Crippen LogP contribution is 2.64. The molecule has 17 rings (SSSR count). The van der Waals surface area contributed by atoms with Crippen LogP contribution in [0.4, 0.5) is 0 Å². The highest BCUT2D eigenvalue weighted by molar-refractivity contribution is 6.07. The lowest BCUT2D eigenvalue weighted by atomic mass is 9.69. The van der Waals surface area contributed by atoms with Crippen LogP contribution in [0.25, 0.3) is 65.4 Å². The second-order valence-corrected chi connectivity index (χ2v) is 23.9. The van der Waals surface area contributed by atoms with Crippen LogP contribution in [-0.4, -0.2) is 0 Å². The van der Waals surface area contributed by atoms with E-state index in [9.17, 15) is 42.1 Å². The number of nitriles is 8. The van der Waals surface area contributed by atoms with Crippen LogP contribution >= 0.6 is 0 Å². The summed E-state index contributed by atoms with van der Waals surface area (Å²) in [5.41, 5.74) is 22.2. The Labute approximate surface area is 483 Å². The smallest absolute Gasteiger partial charge is 0.100 e. The first-order valence-electron chi connectivity index (χ1n) is 28.6. The van der Waals surface area contributed by atoms with Crippen molar-refractivity contribution in [2.75, 3.05) is 0 Å². The standard InChI is InChI=1S/C76H40N8/c77-29-61-45-9-1-2-10-46(45)62(30-78)70-54-26-56-40-19-42-24-44-20-43-23-41-18-39-21-37(17-38(54)22-40)53(69(61)70)25-55(39)71-63(31-79)47-11-3-4-12-48(47)65(33-81)73(71)57(41)27-59(43)75-67(35-83)51-15-7-8-16-52(51)68(36-84)76(75)60(44)28-58(42)74-66(34-82)50-14-6-5-13-49(50)64(32-80)72(56)74/h1-16,21-24,53,56-57,60H,17-20,25-28H2. The quantitative estimate of drug-likeness (QED) is 0.143. The molecule has 0 saturated carbocycles. The largest absolute Gasteiger partial charge is 0.192 e. The maximum Gasteiger partial charge on any atom is 0.100 e. The normalized spacial score (nSPS) is 20.5. The van der Waals surface area contributed by atoms with Crippen molar-refractivity contribution in [1.82, 2.24) is 0 Å². The van der Waals surface area contributed by atoms with E-state index in [1.54, 1.807) is 0 Å². The monoisotopic (exact) mass is 1060 g/mol. The van der Waals surface area contributed by atoms with Crippen molar-refractivity contribution in [3.8, 4) is 48.6 Å². The maximum absolute atomic E-state index is 11.8. The minimum Gasteiger partial charge on any atom is -0.192 e. The Balaban J connectivity index is 1.08. The maximum atomic E-state index is 11.8. The molecule has 0 heterocycles. The molecule has 0 saturated heterocycles. The molecule has 8 nitrogen and oxygen atoms in total.